The molecule has 14 heavy (non-hydrogen) atoms. The summed E-state index contributed by atoms with van der Waals surface area (Å²) in [6.07, 6.45) is 3.90. The molecule has 0 bridgehead atoms. The minimum atomic E-state index is 0.0954. The Kier molecular flexibility index (Phi) is 2.91. The van der Waals surface area contributed by atoms with Crippen LogP contribution in [0.15, 0.2) is 30.6 Å². The summed E-state index contributed by atoms with van der Waals surface area (Å²) < 4.78 is 2.85. The average molecular weight is 228 g/mol. The van der Waals surface area contributed by atoms with Gasteiger partial charge in [-0.2, -0.15) is 0 Å². The molecule has 2 nitrogen and oxygen atoms in total. The first-order valence-electron chi connectivity index (χ1n) is 4.27. The predicted octanol–water partition coefficient (Wildman–Crippen LogP) is 2.74. The van der Waals surface area contributed by atoms with Crippen LogP contribution >= 0.6 is 22.9 Å². The van der Waals surface area contributed by atoms with E-state index in [1.807, 2.05) is 35.2 Å². The standard InChI is InChI=1S/C10H10ClNOS/c11-10-2-1-9(14-10)6-12-4-3-8(5-12)7-13/h1-5,13H,6-7H2. The highest BCUT2D eigenvalue weighted by Crippen LogP contribution is 2.22. The lowest BCUT2D eigenvalue weighted by atomic mass is 10.4. The number of hydrogen-bond donors (Lipinski definition) is 1. The van der Waals surface area contributed by atoms with E-state index >= 15 is 0 Å². The minimum Gasteiger partial charge on any atom is -0.392 e. The van der Waals surface area contributed by atoms with Gasteiger partial charge in [0.25, 0.3) is 0 Å². The Morgan fingerprint density at radius 3 is 2.79 bits per heavy atom. The molecule has 0 aliphatic heterocycles. The molecule has 0 amide bonds. The lowest BCUT2D eigenvalue weighted by molar-refractivity contribution is 0.282. The van der Waals surface area contributed by atoms with Gasteiger partial charge in [-0.15, -0.1) is 11.3 Å². The van der Waals surface area contributed by atoms with Crippen LogP contribution in [0.4, 0.5) is 0 Å². The summed E-state index contributed by atoms with van der Waals surface area (Å²) in [5.41, 5.74) is 0.938. The average Bonchev–Trinajstić information content (AvgIpc) is 2.76. The number of aliphatic hydroxyl groups excluding tert-OH is 1. The maximum absolute atomic E-state index is 8.89. The number of hydrogen-bond acceptors (Lipinski definition) is 2. The molecular formula is C10H10ClNOS. The van der Waals surface area contributed by atoms with Gasteiger partial charge < -0.3 is 9.67 Å². The lowest BCUT2D eigenvalue weighted by Crippen LogP contribution is -1.93. The van der Waals surface area contributed by atoms with Crippen molar-refractivity contribution in [2.24, 2.45) is 0 Å². The van der Waals surface area contributed by atoms with Gasteiger partial charge in [0.1, 0.15) is 0 Å². The van der Waals surface area contributed by atoms with Crippen molar-refractivity contribution >= 4 is 22.9 Å². The van der Waals surface area contributed by atoms with Gasteiger partial charge in [0.15, 0.2) is 0 Å². The van der Waals surface area contributed by atoms with Crippen LogP contribution in [0.3, 0.4) is 0 Å². The Morgan fingerprint density at radius 1 is 1.36 bits per heavy atom. The van der Waals surface area contributed by atoms with E-state index in [4.69, 9.17) is 16.7 Å². The fraction of sp³-hybridized carbons (Fsp3) is 0.200. The van der Waals surface area contributed by atoms with Gasteiger partial charge in [-0.25, -0.2) is 0 Å². The number of halogens is 1. The van der Waals surface area contributed by atoms with Gasteiger partial charge in [0, 0.05) is 17.3 Å². The van der Waals surface area contributed by atoms with Crippen LogP contribution in [0.25, 0.3) is 0 Å². The summed E-state index contributed by atoms with van der Waals surface area (Å²) in [5.74, 6) is 0. The molecule has 2 aromatic rings. The molecule has 0 aromatic carbocycles. The van der Waals surface area contributed by atoms with E-state index in [9.17, 15) is 0 Å². The van der Waals surface area contributed by atoms with E-state index in [1.54, 1.807) is 11.3 Å². The van der Waals surface area contributed by atoms with Crippen molar-refractivity contribution in [3.8, 4) is 0 Å². The largest absolute Gasteiger partial charge is 0.392 e. The molecule has 1 N–H and O–H groups in total. The van der Waals surface area contributed by atoms with Crippen molar-refractivity contribution < 1.29 is 5.11 Å². The Hall–Kier alpha value is -0.770. The summed E-state index contributed by atoms with van der Waals surface area (Å²) in [7, 11) is 0. The minimum absolute atomic E-state index is 0.0954. The second kappa shape index (κ2) is 4.17. The number of thiophene rings is 1. The van der Waals surface area contributed by atoms with Gasteiger partial charge in [-0.05, 0) is 23.8 Å². The van der Waals surface area contributed by atoms with Gasteiger partial charge in [-0.1, -0.05) is 11.6 Å². The lowest BCUT2D eigenvalue weighted by Gasteiger charge is -1.98. The van der Waals surface area contributed by atoms with Gasteiger partial charge >= 0.3 is 0 Å². The predicted molar refractivity (Wildman–Crippen MR) is 58.8 cm³/mol. The highest BCUT2D eigenvalue weighted by atomic mass is 35.5. The Labute approximate surface area is 91.4 Å². The van der Waals surface area contributed by atoms with Crippen molar-refractivity contribution in [1.82, 2.24) is 4.57 Å². The zero-order chi connectivity index (χ0) is 9.97. The molecule has 0 radical (unpaired) electrons. The first-order chi connectivity index (χ1) is 6.78. The van der Waals surface area contributed by atoms with Gasteiger partial charge in [0.05, 0.1) is 17.5 Å². The highest BCUT2D eigenvalue weighted by molar-refractivity contribution is 7.16. The van der Waals surface area contributed by atoms with Crippen LogP contribution in [0.1, 0.15) is 10.4 Å². The maximum Gasteiger partial charge on any atom is 0.0931 e. The van der Waals surface area contributed by atoms with Crippen LogP contribution in [0, 0.1) is 0 Å². The SMILES string of the molecule is OCc1ccn(Cc2ccc(Cl)s2)c1. The van der Waals surface area contributed by atoms with E-state index in [1.165, 1.54) is 4.88 Å². The van der Waals surface area contributed by atoms with Crippen molar-refractivity contribution in [3.63, 3.8) is 0 Å². The monoisotopic (exact) mass is 227 g/mol. The van der Waals surface area contributed by atoms with Crippen molar-refractivity contribution in [1.29, 1.82) is 0 Å². The number of aromatic nitrogens is 1. The molecule has 0 unspecified atom stereocenters. The van der Waals surface area contributed by atoms with Crippen LogP contribution in [0.2, 0.25) is 4.34 Å². The summed E-state index contributed by atoms with van der Waals surface area (Å²) in [4.78, 5) is 1.22. The van der Waals surface area contributed by atoms with Crippen LogP contribution < -0.4 is 0 Å². The molecule has 0 saturated heterocycles. The fourth-order valence-electron chi connectivity index (χ4n) is 1.30. The maximum atomic E-state index is 8.89. The number of nitrogens with zero attached hydrogens (tertiary/aromatic N) is 1. The molecule has 0 atom stereocenters. The van der Waals surface area contributed by atoms with Gasteiger partial charge in [-0.3, -0.25) is 0 Å². The third kappa shape index (κ3) is 2.18. The Bertz CT molecular complexity index is 421. The molecule has 2 rings (SSSR count). The smallest absolute Gasteiger partial charge is 0.0931 e. The molecule has 4 heteroatoms. The van der Waals surface area contributed by atoms with Gasteiger partial charge in [0.2, 0.25) is 0 Å². The summed E-state index contributed by atoms with van der Waals surface area (Å²) in [6, 6.07) is 5.83. The zero-order valence-electron chi connectivity index (χ0n) is 7.48. The first kappa shape index (κ1) is 9.77. The van der Waals surface area contributed by atoms with E-state index in [0.717, 1.165) is 16.4 Å². The molecule has 0 saturated carbocycles. The number of rotatable bonds is 3. The summed E-state index contributed by atoms with van der Waals surface area (Å²) >= 11 is 7.41. The second-order valence-electron chi connectivity index (χ2n) is 3.06. The van der Waals surface area contributed by atoms with E-state index in [2.05, 4.69) is 0 Å². The van der Waals surface area contributed by atoms with Crippen molar-refractivity contribution in [2.45, 2.75) is 13.2 Å². The third-order valence-electron chi connectivity index (χ3n) is 1.96. The van der Waals surface area contributed by atoms with E-state index in [0.29, 0.717) is 0 Å². The third-order valence-corrected chi connectivity index (χ3v) is 3.18. The molecule has 74 valence electrons. The number of aliphatic hydroxyl groups is 1. The summed E-state index contributed by atoms with van der Waals surface area (Å²) in [5, 5.41) is 8.89. The summed E-state index contributed by atoms with van der Waals surface area (Å²) in [6.45, 7) is 0.912. The second-order valence-corrected chi connectivity index (χ2v) is 4.86. The quantitative estimate of drug-likeness (QED) is 0.857. The topological polar surface area (TPSA) is 25.2 Å². The Balaban J connectivity index is 2.10. The molecule has 2 aromatic heterocycles. The van der Waals surface area contributed by atoms with Crippen LogP contribution in [-0.2, 0) is 13.2 Å². The zero-order valence-corrected chi connectivity index (χ0v) is 9.05. The normalized spacial score (nSPS) is 10.7. The van der Waals surface area contributed by atoms with Crippen LogP contribution in [-0.4, -0.2) is 9.67 Å². The Morgan fingerprint density at radius 2 is 2.21 bits per heavy atom. The fourth-order valence-corrected chi connectivity index (χ4v) is 2.40. The first-order valence-corrected chi connectivity index (χ1v) is 5.47. The van der Waals surface area contributed by atoms with E-state index in [-0.39, 0.29) is 6.61 Å². The molecule has 0 spiro atoms. The molecule has 0 fully saturated rings. The molecule has 0 aliphatic carbocycles. The van der Waals surface area contributed by atoms with E-state index < -0.39 is 0 Å². The molecule has 0 aliphatic rings. The van der Waals surface area contributed by atoms with Crippen molar-refractivity contribution in [3.05, 3.63) is 45.4 Å². The highest BCUT2D eigenvalue weighted by Gasteiger charge is 2.00. The van der Waals surface area contributed by atoms with Crippen LogP contribution in [0.5, 0.6) is 0 Å². The molecule has 2 heterocycles. The molecular weight excluding hydrogens is 218 g/mol. The van der Waals surface area contributed by atoms with Crippen molar-refractivity contribution in [2.75, 3.05) is 0 Å².